The SMILES string of the molecule is CCOC(=O)CO[C@@H]1CCNC1. The van der Waals surface area contributed by atoms with Crippen LogP contribution in [0.3, 0.4) is 0 Å². The van der Waals surface area contributed by atoms with Crippen LogP contribution in [0.1, 0.15) is 13.3 Å². The van der Waals surface area contributed by atoms with E-state index in [0.717, 1.165) is 19.5 Å². The van der Waals surface area contributed by atoms with Gasteiger partial charge in [0, 0.05) is 6.54 Å². The van der Waals surface area contributed by atoms with Gasteiger partial charge in [-0.2, -0.15) is 0 Å². The molecule has 1 aliphatic heterocycles. The van der Waals surface area contributed by atoms with Crippen molar-refractivity contribution in [1.29, 1.82) is 0 Å². The molecule has 1 atom stereocenters. The molecule has 1 N–H and O–H groups in total. The smallest absolute Gasteiger partial charge is 0.332 e. The molecule has 1 rings (SSSR count). The van der Waals surface area contributed by atoms with E-state index >= 15 is 0 Å². The van der Waals surface area contributed by atoms with E-state index < -0.39 is 0 Å². The number of carbonyl (C=O) groups excluding carboxylic acids is 1. The quantitative estimate of drug-likeness (QED) is 0.604. The van der Waals surface area contributed by atoms with Crippen molar-refractivity contribution in [3.05, 3.63) is 0 Å². The molecule has 0 unspecified atom stereocenters. The van der Waals surface area contributed by atoms with E-state index in [9.17, 15) is 4.79 Å². The van der Waals surface area contributed by atoms with Gasteiger partial charge in [0.2, 0.25) is 0 Å². The summed E-state index contributed by atoms with van der Waals surface area (Å²) in [6.45, 7) is 4.12. The van der Waals surface area contributed by atoms with Crippen molar-refractivity contribution in [2.45, 2.75) is 19.4 Å². The molecule has 0 radical (unpaired) electrons. The maximum absolute atomic E-state index is 10.8. The summed E-state index contributed by atoms with van der Waals surface area (Å²) in [5.74, 6) is -0.274. The van der Waals surface area contributed by atoms with Crippen molar-refractivity contribution >= 4 is 5.97 Å². The number of rotatable bonds is 4. The van der Waals surface area contributed by atoms with E-state index in [0.29, 0.717) is 6.61 Å². The lowest BCUT2D eigenvalue weighted by atomic mass is 10.3. The maximum Gasteiger partial charge on any atom is 0.332 e. The highest BCUT2D eigenvalue weighted by atomic mass is 16.6. The molecule has 0 aromatic heterocycles. The van der Waals surface area contributed by atoms with E-state index in [-0.39, 0.29) is 18.7 Å². The second kappa shape index (κ2) is 5.11. The summed E-state index contributed by atoms with van der Waals surface area (Å²) >= 11 is 0. The van der Waals surface area contributed by atoms with Gasteiger partial charge in [0.05, 0.1) is 12.7 Å². The minimum atomic E-state index is -0.274. The lowest BCUT2D eigenvalue weighted by Crippen LogP contribution is -2.21. The average molecular weight is 173 g/mol. The van der Waals surface area contributed by atoms with Crippen LogP contribution in [0.25, 0.3) is 0 Å². The van der Waals surface area contributed by atoms with Crippen LogP contribution in [0.5, 0.6) is 0 Å². The second-order valence-electron chi connectivity index (χ2n) is 2.73. The van der Waals surface area contributed by atoms with Crippen molar-refractivity contribution in [3.63, 3.8) is 0 Å². The van der Waals surface area contributed by atoms with Crippen molar-refractivity contribution in [3.8, 4) is 0 Å². The van der Waals surface area contributed by atoms with Gasteiger partial charge < -0.3 is 14.8 Å². The van der Waals surface area contributed by atoms with Gasteiger partial charge in [0.25, 0.3) is 0 Å². The molecule has 70 valence electrons. The third-order valence-corrected chi connectivity index (χ3v) is 1.76. The van der Waals surface area contributed by atoms with Gasteiger partial charge in [-0.05, 0) is 19.9 Å². The molecule has 0 spiro atoms. The summed E-state index contributed by atoms with van der Waals surface area (Å²) in [6, 6.07) is 0. The van der Waals surface area contributed by atoms with Gasteiger partial charge in [0.15, 0.2) is 0 Å². The number of carbonyl (C=O) groups is 1. The average Bonchev–Trinajstić information content (AvgIpc) is 2.53. The Morgan fingerprint density at radius 3 is 3.08 bits per heavy atom. The highest BCUT2D eigenvalue weighted by Gasteiger charge is 2.16. The molecular formula is C8H15NO3. The number of hydrogen-bond donors (Lipinski definition) is 1. The Balaban J connectivity index is 2.03. The molecule has 0 aliphatic carbocycles. The van der Waals surface area contributed by atoms with Crippen molar-refractivity contribution in [2.75, 3.05) is 26.3 Å². The van der Waals surface area contributed by atoms with E-state index in [1.54, 1.807) is 6.92 Å². The summed E-state index contributed by atoms with van der Waals surface area (Å²) in [4.78, 5) is 10.8. The predicted molar refractivity (Wildman–Crippen MR) is 43.9 cm³/mol. The fourth-order valence-electron chi connectivity index (χ4n) is 1.16. The topological polar surface area (TPSA) is 47.6 Å². The Morgan fingerprint density at radius 1 is 1.67 bits per heavy atom. The highest BCUT2D eigenvalue weighted by Crippen LogP contribution is 2.02. The summed E-state index contributed by atoms with van der Waals surface area (Å²) in [5, 5.41) is 3.15. The third kappa shape index (κ3) is 3.19. The minimum Gasteiger partial charge on any atom is -0.464 e. The Kier molecular flexibility index (Phi) is 4.04. The molecule has 0 aromatic carbocycles. The summed E-state index contributed by atoms with van der Waals surface area (Å²) < 4.78 is 10.00. The number of nitrogens with one attached hydrogen (secondary N) is 1. The molecule has 1 heterocycles. The first kappa shape index (κ1) is 9.48. The van der Waals surface area contributed by atoms with E-state index in [4.69, 9.17) is 9.47 Å². The monoisotopic (exact) mass is 173 g/mol. The summed E-state index contributed by atoms with van der Waals surface area (Å²) in [5.41, 5.74) is 0. The zero-order chi connectivity index (χ0) is 8.81. The fourth-order valence-corrected chi connectivity index (χ4v) is 1.16. The molecule has 0 saturated carbocycles. The standard InChI is InChI=1S/C8H15NO3/c1-2-11-8(10)6-12-7-3-4-9-5-7/h7,9H,2-6H2,1H3/t7-/m1/s1. The van der Waals surface area contributed by atoms with Gasteiger partial charge >= 0.3 is 5.97 Å². The van der Waals surface area contributed by atoms with Gasteiger partial charge in [0.1, 0.15) is 6.61 Å². The van der Waals surface area contributed by atoms with Crippen LogP contribution in [0.4, 0.5) is 0 Å². The first-order valence-corrected chi connectivity index (χ1v) is 4.31. The Morgan fingerprint density at radius 2 is 2.50 bits per heavy atom. The normalized spacial score (nSPS) is 22.6. The fraction of sp³-hybridized carbons (Fsp3) is 0.875. The molecule has 0 bridgehead atoms. The zero-order valence-electron chi connectivity index (χ0n) is 7.34. The third-order valence-electron chi connectivity index (χ3n) is 1.76. The second-order valence-corrected chi connectivity index (χ2v) is 2.73. The van der Waals surface area contributed by atoms with E-state index in [1.165, 1.54) is 0 Å². The predicted octanol–water partition coefficient (Wildman–Crippen LogP) is -0.0720. The number of hydrogen-bond acceptors (Lipinski definition) is 4. The maximum atomic E-state index is 10.8. The van der Waals surface area contributed by atoms with Gasteiger partial charge in [-0.1, -0.05) is 0 Å². The van der Waals surface area contributed by atoms with Crippen LogP contribution >= 0.6 is 0 Å². The molecule has 0 aromatic rings. The lowest BCUT2D eigenvalue weighted by Gasteiger charge is -2.08. The van der Waals surface area contributed by atoms with Crippen molar-refractivity contribution in [2.24, 2.45) is 0 Å². The van der Waals surface area contributed by atoms with Crippen molar-refractivity contribution in [1.82, 2.24) is 5.32 Å². The Labute approximate surface area is 72.2 Å². The molecule has 4 nitrogen and oxygen atoms in total. The number of esters is 1. The zero-order valence-corrected chi connectivity index (χ0v) is 7.34. The van der Waals surface area contributed by atoms with E-state index in [2.05, 4.69) is 5.32 Å². The number of ether oxygens (including phenoxy) is 2. The van der Waals surface area contributed by atoms with Crippen LogP contribution in [-0.2, 0) is 14.3 Å². The van der Waals surface area contributed by atoms with Crippen LogP contribution < -0.4 is 5.32 Å². The first-order chi connectivity index (χ1) is 5.83. The molecule has 4 heteroatoms. The van der Waals surface area contributed by atoms with Gasteiger partial charge in [-0.25, -0.2) is 4.79 Å². The largest absolute Gasteiger partial charge is 0.464 e. The first-order valence-electron chi connectivity index (χ1n) is 4.31. The summed E-state index contributed by atoms with van der Waals surface area (Å²) in [7, 11) is 0. The lowest BCUT2D eigenvalue weighted by molar-refractivity contribution is -0.150. The van der Waals surface area contributed by atoms with Crippen LogP contribution in [0.15, 0.2) is 0 Å². The van der Waals surface area contributed by atoms with Crippen LogP contribution in [0, 0.1) is 0 Å². The van der Waals surface area contributed by atoms with Crippen LogP contribution in [0.2, 0.25) is 0 Å². The molecule has 1 saturated heterocycles. The molecule has 1 aliphatic rings. The van der Waals surface area contributed by atoms with Gasteiger partial charge in [-0.15, -0.1) is 0 Å². The molecule has 0 amide bonds. The highest BCUT2D eigenvalue weighted by molar-refractivity contribution is 5.70. The van der Waals surface area contributed by atoms with Gasteiger partial charge in [-0.3, -0.25) is 0 Å². The Hall–Kier alpha value is -0.610. The molecule has 1 fully saturated rings. The van der Waals surface area contributed by atoms with E-state index in [1.807, 2.05) is 0 Å². The van der Waals surface area contributed by atoms with Crippen LogP contribution in [-0.4, -0.2) is 38.4 Å². The minimum absolute atomic E-state index is 0.0835. The molecule has 12 heavy (non-hydrogen) atoms. The Bertz CT molecular complexity index is 143. The van der Waals surface area contributed by atoms with Crippen molar-refractivity contribution < 1.29 is 14.3 Å². The summed E-state index contributed by atoms with van der Waals surface area (Å²) in [6.07, 6.45) is 1.17. The molecular weight excluding hydrogens is 158 g/mol.